The smallest absolute Gasteiger partial charge is 0.134 e. The Morgan fingerprint density at radius 2 is 2.58 bits per heavy atom. The van der Waals surface area contributed by atoms with Gasteiger partial charge in [0.2, 0.25) is 0 Å². The average Bonchev–Trinajstić information content (AvgIpc) is 2.33. The van der Waals surface area contributed by atoms with Crippen molar-refractivity contribution in [1.29, 1.82) is 0 Å². The van der Waals surface area contributed by atoms with Crippen LogP contribution in [0.15, 0.2) is 12.4 Å². The monoisotopic (exact) mass is 167 g/mol. The summed E-state index contributed by atoms with van der Waals surface area (Å²) in [6.07, 6.45) is 4.11. The summed E-state index contributed by atoms with van der Waals surface area (Å²) in [6, 6.07) is 0. The molecule has 1 fully saturated rings. The lowest BCUT2D eigenvalue weighted by Gasteiger charge is -2.26. The minimum atomic E-state index is 0.390. The van der Waals surface area contributed by atoms with E-state index < -0.39 is 0 Å². The first-order valence-corrected chi connectivity index (χ1v) is 4.15. The van der Waals surface area contributed by atoms with Crippen LogP contribution in [0.1, 0.15) is 5.82 Å². The van der Waals surface area contributed by atoms with Gasteiger partial charge in [0, 0.05) is 32.5 Å². The van der Waals surface area contributed by atoms with E-state index in [1.807, 2.05) is 17.8 Å². The number of aromatic nitrogens is 2. The van der Waals surface area contributed by atoms with Crippen molar-refractivity contribution in [3.05, 3.63) is 18.2 Å². The molecule has 0 atom stereocenters. The Bertz CT molecular complexity index is 255. The van der Waals surface area contributed by atoms with Crippen LogP contribution < -0.4 is 5.32 Å². The van der Waals surface area contributed by atoms with E-state index in [0.717, 1.165) is 18.9 Å². The Morgan fingerprint density at radius 1 is 1.75 bits per heavy atom. The summed E-state index contributed by atoms with van der Waals surface area (Å²) in [5, 5.41) is 3.15. The number of aryl methyl sites for hydroxylation is 1. The number of nitrogens with one attached hydrogen (secondary N) is 1. The first-order valence-electron chi connectivity index (χ1n) is 4.15. The van der Waals surface area contributed by atoms with Crippen molar-refractivity contribution in [3.8, 4) is 0 Å². The third-order valence-electron chi connectivity index (χ3n) is 2.11. The van der Waals surface area contributed by atoms with E-state index in [4.69, 9.17) is 4.74 Å². The van der Waals surface area contributed by atoms with E-state index in [9.17, 15) is 0 Å². The highest BCUT2D eigenvalue weighted by Gasteiger charge is 2.17. The van der Waals surface area contributed by atoms with Crippen molar-refractivity contribution in [2.24, 2.45) is 7.05 Å². The summed E-state index contributed by atoms with van der Waals surface area (Å²) in [5.74, 6) is 0.988. The standard InChI is InChI=1S/C8H13N3O/c1-11-3-2-10-8(11)6-12-7-4-9-5-7/h2-3,7,9H,4-6H2,1H3. The molecular formula is C8H13N3O. The Balaban J connectivity index is 1.82. The Kier molecular flexibility index (Phi) is 2.10. The number of hydrogen-bond donors (Lipinski definition) is 1. The molecule has 1 aliphatic rings. The third-order valence-corrected chi connectivity index (χ3v) is 2.11. The Labute approximate surface area is 71.6 Å². The van der Waals surface area contributed by atoms with E-state index in [2.05, 4.69) is 10.3 Å². The molecule has 4 nitrogen and oxygen atoms in total. The van der Waals surface area contributed by atoms with Crippen molar-refractivity contribution in [2.75, 3.05) is 13.1 Å². The number of ether oxygens (including phenoxy) is 1. The van der Waals surface area contributed by atoms with Crippen LogP contribution in [0, 0.1) is 0 Å². The maximum atomic E-state index is 5.56. The van der Waals surface area contributed by atoms with Crippen LogP contribution in [0.4, 0.5) is 0 Å². The van der Waals surface area contributed by atoms with E-state index in [1.54, 1.807) is 6.20 Å². The fourth-order valence-electron chi connectivity index (χ4n) is 1.11. The molecule has 0 spiro atoms. The second-order valence-corrected chi connectivity index (χ2v) is 3.05. The van der Waals surface area contributed by atoms with Crippen LogP contribution in [-0.2, 0) is 18.4 Å². The summed E-state index contributed by atoms with van der Waals surface area (Å²) in [7, 11) is 1.98. The van der Waals surface area contributed by atoms with Gasteiger partial charge < -0.3 is 14.6 Å². The van der Waals surface area contributed by atoms with Gasteiger partial charge in [-0.3, -0.25) is 0 Å². The molecule has 2 heterocycles. The fraction of sp³-hybridized carbons (Fsp3) is 0.625. The third kappa shape index (κ3) is 1.49. The molecule has 66 valence electrons. The minimum Gasteiger partial charge on any atom is -0.368 e. The topological polar surface area (TPSA) is 39.1 Å². The molecule has 0 amide bonds. The molecule has 0 radical (unpaired) electrons. The van der Waals surface area contributed by atoms with E-state index >= 15 is 0 Å². The van der Waals surface area contributed by atoms with Crippen LogP contribution in [0.2, 0.25) is 0 Å². The van der Waals surface area contributed by atoms with E-state index in [-0.39, 0.29) is 0 Å². The minimum absolute atomic E-state index is 0.390. The number of nitrogens with zero attached hydrogens (tertiary/aromatic N) is 2. The Hall–Kier alpha value is -0.870. The molecule has 1 saturated heterocycles. The average molecular weight is 167 g/mol. The highest BCUT2D eigenvalue weighted by Crippen LogP contribution is 2.03. The summed E-state index contributed by atoms with van der Waals surface area (Å²) < 4.78 is 7.54. The second kappa shape index (κ2) is 3.25. The second-order valence-electron chi connectivity index (χ2n) is 3.05. The first kappa shape index (κ1) is 7.76. The summed E-state index contributed by atoms with van der Waals surface area (Å²) in [4.78, 5) is 4.16. The lowest BCUT2D eigenvalue weighted by molar-refractivity contribution is 0.00349. The quantitative estimate of drug-likeness (QED) is 0.683. The molecule has 0 aliphatic carbocycles. The molecule has 1 N–H and O–H groups in total. The van der Waals surface area contributed by atoms with Gasteiger partial charge in [0.1, 0.15) is 12.4 Å². The van der Waals surface area contributed by atoms with E-state index in [0.29, 0.717) is 12.7 Å². The van der Waals surface area contributed by atoms with Crippen LogP contribution in [0.3, 0.4) is 0 Å². The normalized spacial score (nSPS) is 17.8. The number of imidazole rings is 1. The molecule has 0 saturated carbocycles. The van der Waals surface area contributed by atoms with Gasteiger partial charge >= 0.3 is 0 Å². The van der Waals surface area contributed by atoms with Crippen LogP contribution >= 0.6 is 0 Å². The predicted molar refractivity (Wildman–Crippen MR) is 44.7 cm³/mol. The summed E-state index contributed by atoms with van der Waals surface area (Å²) >= 11 is 0. The van der Waals surface area contributed by atoms with Gasteiger partial charge in [0.15, 0.2) is 0 Å². The number of hydrogen-bond acceptors (Lipinski definition) is 3. The fourth-order valence-corrected chi connectivity index (χ4v) is 1.11. The molecule has 4 heteroatoms. The number of rotatable bonds is 3. The molecule has 12 heavy (non-hydrogen) atoms. The lowest BCUT2D eigenvalue weighted by Crippen LogP contribution is -2.48. The zero-order valence-electron chi connectivity index (χ0n) is 7.16. The van der Waals surface area contributed by atoms with Gasteiger partial charge in [-0.1, -0.05) is 0 Å². The highest BCUT2D eigenvalue weighted by atomic mass is 16.5. The lowest BCUT2D eigenvalue weighted by atomic mass is 10.2. The molecule has 0 unspecified atom stereocenters. The zero-order chi connectivity index (χ0) is 8.39. The van der Waals surface area contributed by atoms with Crippen molar-refractivity contribution in [1.82, 2.24) is 14.9 Å². The molecule has 0 aromatic carbocycles. The van der Waals surface area contributed by atoms with Crippen molar-refractivity contribution >= 4 is 0 Å². The van der Waals surface area contributed by atoms with Crippen LogP contribution in [-0.4, -0.2) is 28.7 Å². The van der Waals surface area contributed by atoms with Crippen LogP contribution in [0.5, 0.6) is 0 Å². The van der Waals surface area contributed by atoms with Crippen molar-refractivity contribution in [2.45, 2.75) is 12.7 Å². The Morgan fingerprint density at radius 3 is 3.08 bits per heavy atom. The SMILES string of the molecule is Cn1ccnc1COC1CNC1. The predicted octanol–water partition coefficient (Wildman–Crippen LogP) is -0.0915. The molecular weight excluding hydrogens is 154 g/mol. The van der Waals surface area contributed by atoms with Crippen molar-refractivity contribution < 1.29 is 4.74 Å². The van der Waals surface area contributed by atoms with Gasteiger partial charge in [-0.2, -0.15) is 0 Å². The van der Waals surface area contributed by atoms with Crippen LogP contribution in [0.25, 0.3) is 0 Å². The van der Waals surface area contributed by atoms with Crippen molar-refractivity contribution in [3.63, 3.8) is 0 Å². The maximum absolute atomic E-state index is 5.56. The molecule has 1 aromatic heterocycles. The van der Waals surface area contributed by atoms with E-state index in [1.165, 1.54) is 0 Å². The van der Waals surface area contributed by atoms with Gasteiger partial charge in [0.05, 0.1) is 6.10 Å². The van der Waals surface area contributed by atoms with Gasteiger partial charge in [-0.15, -0.1) is 0 Å². The molecule has 0 bridgehead atoms. The molecule has 1 aromatic rings. The summed E-state index contributed by atoms with van der Waals surface area (Å²) in [5.41, 5.74) is 0. The molecule has 2 rings (SSSR count). The van der Waals surface area contributed by atoms with Gasteiger partial charge in [-0.05, 0) is 0 Å². The first-order chi connectivity index (χ1) is 5.86. The summed E-state index contributed by atoms with van der Waals surface area (Å²) in [6.45, 7) is 2.57. The zero-order valence-corrected chi connectivity index (χ0v) is 7.16. The van der Waals surface area contributed by atoms with Gasteiger partial charge in [0.25, 0.3) is 0 Å². The largest absolute Gasteiger partial charge is 0.368 e. The van der Waals surface area contributed by atoms with Gasteiger partial charge in [-0.25, -0.2) is 4.98 Å². The molecule has 1 aliphatic heterocycles. The highest BCUT2D eigenvalue weighted by molar-refractivity contribution is 4.89. The maximum Gasteiger partial charge on any atom is 0.134 e.